The lowest BCUT2D eigenvalue weighted by molar-refractivity contribution is 0.600. The number of nitrogens with one attached hydrogen (secondary N) is 1. The molecule has 0 fully saturated rings. The summed E-state index contributed by atoms with van der Waals surface area (Å²) < 4.78 is 0. The molecule has 0 aliphatic heterocycles. The van der Waals surface area contributed by atoms with E-state index in [0.29, 0.717) is 0 Å². The highest BCUT2D eigenvalue weighted by molar-refractivity contribution is 7.09. The number of nitrogens with two attached hydrogens (primary N) is 1. The summed E-state index contributed by atoms with van der Waals surface area (Å²) in [6, 6.07) is 8.43. The molecule has 2 rings (SSSR count). The number of hydrogen-bond acceptors (Lipinski definition) is 4. The quantitative estimate of drug-likeness (QED) is 0.869. The van der Waals surface area contributed by atoms with Crippen LogP contribution in [-0.2, 0) is 6.54 Å². The van der Waals surface area contributed by atoms with Gasteiger partial charge in [-0.3, -0.25) is 0 Å². The van der Waals surface area contributed by atoms with Crippen LogP contribution in [0, 0.1) is 13.8 Å². The van der Waals surface area contributed by atoms with Crippen molar-refractivity contribution in [3.05, 3.63) is 51.5 Å². The molecule has 0 bridgehead atoms. The minimum atomic E-state index is 0.0406. The van der Waals surface area contributed by atoms with Crippen molar-refractivity contribution in [2.75, 3.05) is 6.54 Å². The Morgan fingerprint density at radius 3 is 2.61 bits per heavy atom. The first-order valence-electron chi connectivity index (χ1n) is 6.08. The minimum Gasteiger partial charge on any atom is -0.323 e. The number of hydrogen-bond donors (Lipinski definition) is 2. The van der Waals surface area contributed by atoms with Gasteiger partial charge in [0.15, 0.2) is 0 Å². The highest BCUT2D eigenvalue weighted by atomic mass is 32.1. The van der Waals surface area contributed by atoms with Gasteiger partial charge >= 0.3 is 0 Å². The molecule has 2 aromatic rings. The zero-order valence-electron chi connectivity index (χ0n) is 10.8. The van der Waals surface area contributed by atoms with E-state index in [1.807, 2.05) is 12.4 Å². The van der Waals surface area contributed by atoms with Gasteiger partial charge in [-0.05, 0) is 19.4 Å². The minimum absolute atomic E-state index is 0.0406. The van der Waals surface area contributed by atoms with E-state index >= 15 is 0 Å². The number of aryl methyl sites for hydroxylation is 2. The number of rotatable bonds is 5. The largest absolute Gasteiger partial charge is 0.323 e. The molecule has 0 spiro atoms. The van der Waals surface area contributed by atoms with Gasteiger partial charge in [0.2, 0.25) is 0 Å². The molecule has 0 saturated heterocycles. The molecule has 3 nitrogen and oxygen atoms in total. The summed E-state index contributed by atoms with van der Waals surface area (Å²) in [7, 11) is 0. The van der Waals surface area contributed by atoms with E-state index < -0.39 is 0 Å². The third-order valence-corrected chi connectivity index (χ3v) is 3.94. The van der Waals surface area contributed by atoms with Crippen LogP contribution in [0.15, 0.2) is 29.8 Å². The van der Waals surface area contributed by atoms with Crippen LogP contribution in [0.25, 0.3) is 0 Å². The van der Waals surface area contributed by atoms with Crippen LogP contribution in [0.3, 0.4) is 0 Å². The Hall–Kier alpha value is -1.23. The number of benzene rings is 1. The highest BCUT2D eigenvalue weighted by Crippen LogP contribution is 2.13. The Bertz CT molecular complexity index is 490. The average Bonchev–Trinajstić information content (AvgIpc) is 2.76. The summed E-state index contributed by atoms with van der Waals surface area (Å²) in [5.74, 6) is 0. The van der Waals surface area contributed by atoms with Crippen molar-refractivity contribution in [3.63, 3.8) is 0 Å². The molecular formula is C14H19N3S. The normalized spacial score (nSPS) is 12.6. The molecule has 0 aliphatic rings. The van der Waals surface area contributed by atoms with Crippen LogP contribution in [0.1, 0.15) is 27.7 Å². The smallest absolute Gasteiger partial charge is 0.0798 e. The molecule has 1 atom stereocenters. The zero-order valence-corrected chi connectivity index (χ0v) is 11.6. The van der Waals surface area contributed by atoms with E-state index in [4.69, 9.17) is 5.73 Å². The second kappa shape index (κ2) is 6.09. The third kappa shape index (κ3) is 3.38. The van der Waals surface area contributed by atoms with Gasteiger partial charge in [-0.1, -0.05) is 29.8 Å². The molecule has 0 aliphatic carbocycles. The predicted molar refractivity (Wildman–Crippen MR) is 76.7 cm³/mol. The molecule has 96 valence electrons. The SMILES string of the molecule is Cc1ccc(C(N)CNCc2scnc2C)cc1. The maximum atomic E-state index is 6.15. The molecule has 18 heavy (non-hydrogen) atoms. The molecule has 0 saturated carbocycles. The first kappa shape index (κ1) is 13.2. The number of thiazole rings is 1. The number of aromatic nitrogens is 1. The Morgan fingerprint density at radius 2 is 2.00 bits per heavy atom. The predicted octanol–water partition coefficient (Wildman–Crippen LogP) is 2.55. The van der Waals surface area contributed by atoms with E-state index in [-0.39, 0.29) is 6.04 Å². The van der Waals surface area contributed by atoms with Crippen LogP contribution in [0.4, 0.5) is 0 Å². The van der Waals surface area contributed by atoms with Crippen molar-refractivity contribution < 1.29 is 0 Å². The van der Waals surface area contributed by atoms with E-state index in [1.165, 1.54) is 16.0 Å². The fourth-order valence-corrected chi connectivity index (χ4v) is 2.52. The first-order chi connectivity index (χ1) is 8.66. The highest BCUT2D eigenvalue weighted by Gasteiger charge is 2.06. The maximum absolute atomic E-state index is 6.15. The van der Waals surface area contributed by atoms with Crippen molar-refractivity contribution in [3.8, 4) is 0 Å². The lowest BCUT2D eigenvalue weighted by atomic mass is 10.1. The van der Waals surface area contributed by atoms with E-state index in [9.17, 15) is 0 Å². The standard InChI is InChI=1S/C14H19N3S/c1-10-3-5-12(6-4-10)13(15)7-16-8-14-11(2)17-9-18-14/h3-6,9,13,16H,7-8,15H2,1-2H3. The molecule has 0 radical (unpaired) electrons. The van der Waals surface area contributed by atoms with Crippen molar-refractivity contribution in [1.82, 2.24) is 10.3 Å². The molecule has 4 heteroatoms. The van der Waals surface area contributed by atoms with Crippen molar-refractivity contribution >= 4 is 11.3 Å². The second-order valence-corrected chi connectivity index (χ2v) is 5.45. The lowest BCUT2D eigenvalue weighted by Gasteiger charge is -2.13. The first-order valence-corrected chi connectivity index (χ1v) is 6.96. The Labute approximate surface area is 112 Å². The fourth-order valence-electron chi connectivity index (χ4n) is 1.77. The zero-order chi connectivity index (χ0) is 13.0. The van der Waals surface area contributed by atoms with Gasteiger partial charge in [-0.15, -0.1) is 11.3 Å². The fraction of sp³-hybridized carbons (Fsp3) is 0.357. The summed E-state index contributed by atoms with van der Waals surface area (Å²) >= 11 is 1.68. The van der Waals surface area contributed by atoms with Gasteiger partial charge in [0.1, 0.15) is 0 Å². The molecule has 1 heterocycles. The van der Waals surface area contributed by atoms with Crippen molar-refractivity contribution in [2.45, 2.75) is 26.4 Å². The third-order valence-electron chi connectivity index (χ3n) is 3.00. The van der Waals surface area contributed by atoms with Gasteiger partial charge in [0.25, 0.3) is 0 Å². The topological polar surface area (TPSA) is 50.9 Å². The van der Waals surface area contributed by atoms with Crippen LogP contribution in [0.2, 0.25) is 0 Å². The monoisotopic (exact) mass is 261 g/mol. The Morgan fingerprint density at radius 1 is 1.28 bits per heavy atom. The molecular weight excluding hydrogens is 242 g/mol. The van der Waals surface area contributed by atoms with Gasteiger partial charge in [0, 0.05) is 24.0 Å². The van der Waals surface area contributed by atoms with Gasteiger partial charge in [0.05, 0.1) is 11.2 Å². The second-order valence-electron chi connectivity index (χ2n) is 4.51. The molecule has 1 unspecified atom stereocenters. The van der Waals surface area contributed by atoms with Crippen molar-refractivity contribution in [1.29, 1.82) is 0 Å². The molecule has 1 aromatic carbocycles. The summed E-state index contributed by atoms with van der Waals surface area (Å²) in [5, 5.41) is 3.39. The van der Waals surface area contributed by atoms with Crippen LogP contribution < -0.4 is 11.1 Å². The van der Waals surface area contributed by atoms with Crippen LogP contribution >= 0.6 is 11.3 Å². The van der Waals surface area contributed by atoms with E-state index in [2.05, 4.69) is 41.5 Å². The van der Waals surface area contributed by atoms with Gasteiger partial charge < -0.3 is 11.1 Å². The lowest BCUT2D eigenvalue weighted by Crippen LogP contribution is -2.26. The van der Waals surface area contributed by atoms with Gasteiger partial charge in [-0.2, -0.15) is 0 Å². The molecule has 1 aromatic heterocycles. The molecule has 0 amide bonds. The van der Waals surface area contributed by atoms with Crippen LogP contribution in [-0.4, -0.2) is 11.5 Å². The van der Waals surface area contributed by atoms with E-state index in [1.54, 1.807) is 11.3 Å². The Balaban J connectivity index is 1.83. The van der Waals surface area contributed by atoms with Crippen LogP contribution in [0.5, 0.6) is 0 Å². The van der Waals surface area contributed by atoms with Crippen molar-refractivity contribution in [2.24, 2.45) is 5.73 Å². The summed E-state index contributed by atoms with van der Waals surface area (Å²) in [6.45, 7) is 5.74. The Kier molecular flexibility index (Phi) is 4.47. The summed E-state index contributed by atoms with van der Waals surface area (Å²) in [4.78, 5) is 5.51. The average molecular weight is 261 g/mol. The molecule has 3 N–H and O–H groups in total. The van der Waals surface area contributed by atoms with E-state index in [0.717, 1.165) is 18.8 Å². The number of nitrogens with zero attached hydrogens (tertiary/aromatic N) is 1. The van der Waals surface area contributed by atoms with Gasteiger partial charge in [-0.25, -0.2) is 4.98 Å². The summed E-state index contributed by atoms with van der Waals surface area (Å²) in [5.41, 5.74) is 11.6. The summed E-state index contributed by atoms with van der Waals surface area (Å²) in [6.07, 6.45) is 0. The maximum Gasteiger partial charge on any atom is 0.0798 e.